The molecule has 0 aliphatic carbocycles. The molecule has 0 aliphatic heterocycles. The van der Waals surface area contributed by atoms with Crippen molar-refractivity contribution in [1.82, 2.24) is 0 Å². The van der Waals surface area contributed by atoms with Crippen molar-refractivity contribution in [3.8, 4) is 0 Å². The number of benzene rings is 1. The third-order valence-corrected chi connectivity index (χ3v) is 2.10. The van der Waals surface area contributed by atoms with E-state index in [0.29, 0.717) is 29.0 Å². The molecule has 16 heavy (non-hydrogen) atoms. The number of carbonyl (C=O) groups is 2. The minimum Gasteiger partial charge on any atom is -0.463 e. The van der Waals surface area contributed by atoms with E-state index in [1.165, 1.54) is 12.2 Å². The van der Waals surface area contributed by atoms with Crippen LogP contribution in [0.1, 0.15) is 22.8 Å². The third kappa shape index (κ3) is 3.51. The molecule has 0 heterocycles. The molecule has 0 spiro atoms. The minimum absolute atomic E-state index is 0.324. The maximum Gasteiger partial charge on any atom is 0.330 e. The van der Waals surface area contributed by atoms with Crippen molar-refractivity contribution in [3.05, 3.63) is 40.4 Å². The molecule has 1 aromatic carbocycles. The highest BCUT2D eigenvalue weighted by Gasteiger charge is 2.00. The summed E-state index contributed by atoms with van der Waals surface area (Å²) in [6, 6.07) is 4.86. The molecule has 0 fully saturated rings. The minimum atomic E-state index is -0.436. The Morgan fingerprint density at radius 2 is 2.19 bits per heavy atom. The smallest absolute Gasteiger partial charge is 0.330 e. The van der Waals surface area contributed by atoms with Gasteiger partial charge in [-0.1, -0.05) is 17.7 Å². The highest BCUT2D eigenvalue weighted by Crippen LogP contribution is 2.15. The largest absolute Gasteiger partial charge is 0.463 e. The topological polar surface area (TPSA) is 43.4 Å². The lowest BCUT2D eigenvalue weighted by atomic mass is 10.1. The zero-order valence-electron chi connectivity index (χ0n) is 8.77. The van der Waals surface area contributed by atoms with Crippen LogP contribution in [-0.4, -0.2) is 18.9 Å². The lowest BCUT2D eigenvalue weighted by molar-refractivity contribution is -0.137. The second-order valence-corrected chi connectivity index (χ2v) is 3.41. The summed E-state index contributed by atoms with van der Waals surface area (Å²) in [7, 11) is 0. The second-order valence-electron chi connectivity index (χ2n) is 2.98. The van der Waals surface area contributed by atoms with Crippen LogP contribution in [0.5, 0.6) is 0 Å². The lowest BCUT2D eigenvalue weighted by Crippen LogP contribution is -1.98. The first-order valence-corrected chi connectivity index (χ1v) is 5.14. The summed E-state index contributed by atoms with van der Waals surface area (Å²) in [5.74, 6) is -0.436. The van der Waals surface area contributed by atoms with Crippen LogP contribution in [0.3, 0.4) is 0 Å². The summed E-state index contributed by atoms with van der Waals surface area (Å²) in [4.78, 5) is 21.8. The molecule has 4 heteroatoms. The van der Waals surface area contributed by atoms with Gasteiger partial charge in [0, 0.05) is 16.7 Å². The Kier molecular flexibility index (Phi) is 4.73. The average Bonchev–Trinajstić information content (AvgIpc) is 2.27. The van der Waals surface area contributed by atoms with Crippen LogP contribution in [0.25, 0.3) is 6.08 Å². The predicted molar refractivity (Wildman–Crippen MR) is 62.5 cm³/mol. The van der Waals surface area contributed by atoms with Crippen LogP contribution in [0.4, 0.5) is 0 Å². The normalized spacial score (nSPS) is 10.4. The Morgan fingerprint density at radius 3 is 2.81 bits per heavy atom. The van der Waals surface area contributed by atoms with Crippen molar-refractivity contribution in [2.75, 3.05) is 6.61 Å². The first kappa shape index (κ1) is 12.5. The second kappa shape index (κ2) is 6.08. The summed E-state index contributed by atoms with van der Waals surface area (Å²) in [6.45, 7) is 2.05. The van der Waals surface area contributed by atoms with Crippen molar-refractivity contribution in [2.45, 2.75) is 6.92 Å². The molecule has 0 aliphatic rings. The molecule has 1 aromatic rings. The molecule has 1 rings (SSSR count). The summed E-state index contributed by atoms with van der Waals surface area (Å²) < 4.78 is 4.72. The molecule has 0 amide bonds. The van der Waals surface area contributed by atoms with Crippen LogP contribution < -0.4 is 0 Å². The molecular weight excluding hydrogens is 228 g/mol. The van der Waals surface area contributed by atoms with Crippen molar-refractivity contribution >= 4 is 29.9 Å². The van der Waals surface area contributed by atoms with E-state index in [0.717, 1.165) is 0 Å². The van der Waals surface area contributed by atoms with E-state index < -0.39 is 5.97 Å². The highest BCUT2D eigenvalue weighted by atomic mass is 35.5. The molecule has 0 radical (unpaired) electrons. The van der Waals surface area contributed by atoms with Crippen LogP contribution in [0, 0.1) is 0 Å². The fourth-order valence-corrected chi connectivity index (χ4v) is 1.33. The predicted octanol–water partition coefficient (Wildman–Crippen LogP) is 2.73. The molecule has 0 N–H and O–H groups in total. The van der Waals surface area contributed by atoms with Gasteiger partial charge in [0.2, 0.25) is 0 Å². The van der Waals surface area contributed by atoms with Crippen LogP contribution in [0.2, 0.25) is 5.02 Å². The van der Waals surface area contributed by atoms with E-state index >= 15 is 0 Å². The summed E-state index contributed by atoms with van der Waals surface area (Å²) in [5, 5.41) is 0.482. The number of hydrogen-bond acceptors (Lipinski definition) is 3. The van der Waals surface area contributed by atoms with E-state index in [4.69, 9.17) is 16.3 Å². The number of hydrogen-bond donors (Lipinski definition) is 0. The molecular formula is C12H11ClO3. The first-order valence-electron chi connectivity index (χ1n) is 4.77. The van der Waals surface area contributed by atoms with E-state index in [2.05, 4.69) is 0 Å². The van der Waals surface area contributed by atoms with Gasteiger partial charge in [0.25, 0.3) is 0 Å². The molecule has 0 saturated heterocycles. The average molecular weight is 239 g/mol. The maximum absolute atomic E-state index is 11.1. The van der Waals surface area contributed by atoms with Gasteiger partial charge in [-0.15, -0.1) is 0 Å². The Hall–Kier alpha value is -1.61. The summed E-state index contributed by atoms with van der Waals surface area (Å²) >= 11 is 5.73. The number of carbonyl (C=O) groups excluding carboxylic acids is 2. The zero-order valence-corrected chi connectivity index (χ0v) is 9.53. The monoisotopic (exact) mass is 238 g/mol. The number of halogens is 1. The highest BCUT2D eigenvalue weighted by molar-refractivity contribution is 6.30. The Balaban J connectivity index is 2.88. The molecule has 84 valence electrons. The molecule has 0 aromatic heterocycles. The standard InChI is InChI=1S/C12H11ClO3/c1-2-16-12(15)6-4-9-3-5-11(13)7-10(9)8-14/h3-8H,2H2,1H3. The van der Waals surface area contributed by atoms with E-state index in [1.54, 1.807) is 25.1 Å². The van der Waals surface area contributed by atoms with Gasteiger partial charge in [0.05, 0.1) is 6.61 Å². The Morgan fingerprint density at radius 1 is 1.44 bits per heavy atom. The van der Waals surface area contributed by atoms with Gasteiger partial charge in [-0.3, -0.25) is 4.79 Å². The van der Waals surface area contributed by atoms with Gasteiger partial charge < -0.3 is 4.74 Å². The van der Waals surface area contributed by atoms with Crippen LogP contribution in [0.15, 0.2) is 24.3 Å². The fourth-order valence-electron chi connectivity index (χ4n) is 1.15. The van der Waals surface area contributed by atoms with Gasteiger partial charge in [0.1, 0.15) is 0 Å². The van der Waals surface area contributed by atoms with Crippen LogP contribution in [-0.2, 0) is 9.53 Å². The molecule has 0 bridgehead atoms. The van der Waals surface area contributed by atoms with Gasteiger partial charge >= 0.3 is 5.97 Å². The quantitative estimate of drug-likeness (QED) is 0.460. The Labute approximate surface area is 98.7 Å². The Bertz CT molecular complexity index is 424. The van der Waals surface area contributed by atoms with Gasteiger partial charge in [-0.05, 0) is 30.7 Å². The SMILES string of the molecule is CCOC(=O)C=Cc1ccc(Cl)cc1C=O. The van der Waals surface area contributed by atoms with Crippen molar-refractivity contribution in [1.29, 1.82) is 0 Å². The maximum atomic E-state index is 11.1. The summed E-state index contributed by atoms with van der Waals surface area (Å²) in [5.41, 5.74) is 1.07. The van der Waals surface area contributed by atoms with Gasteiger partial charge in [-0.25, -0.2) is 4.79 Å². The number of rotatable bonds is 4. The summed E-state index contributed by atoms with van der Waals surface area (Å²) in [6.07, 6.45) is 3.49. The van der Waals surface area contributed by atoms with Gasteiger partial charge in [0.15, 0.2) is 6.29 Å². The third-order valence-electron chi connectivity index (χ3n) is 1.86. The number of esters is 1. The van der Waals surface area contributed by atoms with Crippen molar-refractivity contribution in [2.24, 2.45) is 0 Å². The molecule has 0 saturated carbocycles. The number of ether oxygens (including phenoxy) is 1. The zero-order chi connectivity index (χ0) is 12.0. The van der Waals surface area contributed by atoms with Crippen molar-refractivity contribution in [3.63, 3.8) is 0 Å². The van der Waals surface area contributed by atoms with Crippen molar-refractivity contribution < 1.29 is 14.3 Å². The van der Waals surface area contributed by atoms with E-state index in [9.17, 15) is 9.59 Å². The molecule has 0 unspecified atom stereocenters. The number of aldehydes is 1. The fraction of sp³-hybridized carbons (Fsp3) is 0.167. The van der Waals surface area contributed by atoms with Gasteiger partial charge in [-0.2, -0.15) is 0 Å². The molecule has 0 atom stereocenters. The van der Waals surface area contributed by atoms with E-state index in [1.807, 2.05) is 0 Å². The first-order chi connectivity index (χ1) is 7.67. The molecule has 3 nitrogen and oxygen atoms in total. The van der Waals surface area contributed by atoms with Crippen LogP contribution >= 0.6 is 11.6 Å². The lowest BCUT2D eigenvalue weighted by Gasteiger charge is -1.99. The van der Waals surface area contributed by atoms with E-state index in [-0.39, 0.29) is 0 Å².